The van der Waals surface area contributed by atoms with Crippen molar-refractivity contribution < 1.29 is 4.43 Å². The molecule has 1 aliphatic rings. The minimum Gasteiger partial charge on any atom is -0.403 e. The van der Waals surface area contributed by atoms with Crippen LogP contribution in [-0.4, -0.2) is 21.6 Å². The fourth-order valence-corrected chi connectivity index (χ4v) is 9.04. The number of hydrogen-bond donors (Lipinski definition) is 1. The molecule has 1 saturated heterocycles. The van der Waals surface area contributed by atoms with Gasteiger partial charge in [0.05, 0.1) is 0 Å². The summed E-state index contributed by atoms with van der Waals surface area (Å²) in [4.78, 5) is 3.81. The molecular formula is C13H29NOSi. The molecule has 0 amide bonds. The van der Waals surface area contributed by atoms with Gasteiger partial charge in [-0.15, -0.1) is 0 Å². The van der Waals surface area contributed by atoms with E-state index in [0.29, 0.717) is 0 Å². The van der Waals surface area contributed by atoms with E-state index in [1.807, 2.05) is 0 Å². The standard InChI is InChI=1S/C13H29NOSi/c1-6-12-9-10-13(11(4)5)16(12,14-7-2)15-8-3/h11-14H,6-10H2,1-5H3. The lowest BCUT2D eigenvalue weighted by molar-refractivity contribution is 0.288. The van der Waals surface area contributed by atoms with E-state index in [0.717, 1.165) is 30.2 Å². The van der Waals surface area contributed by atoms with Gasteiger partial charge < -0.3 is 9.41 Å². The zero-order chi connectivity index (χ0) is 12.2. The van der Waals surface area contributed by atoms with E-state index in [2.05, 4.69) is 39.6 Å². The highest BCUT2D eigenvalue weighted by Gasteiger charge is 2.54. The Balaban J connectivity index is 2.93. The second-order valence-electron chi connectivity index (χ2n) is 5.29. The molecule has 3 atom stereocenters. The lowest BCUT2D eigenvalue weighted by Crippen LogP contribution is -2.58. The monoisotopic (exact) mass is 243 g/mol. The predicted molar refractivity (Wildman–Crippen MR) is 72.9 cm³/mol. The van der Waals surface area contributed by atoms with Gasteiger partial charge in [0.2, 0.25) is 0 Å². The molecule has 96 valence electrons. The Morgan fingerprint density at radius 3 is 2.38 bits per heavy atom. The summed E-state index contributed by atoms with van der Waals surface area (Å²) in [6.07, 6.45) is 4.02. The van der Waals surface area contributed by atoms with Crippen LogP contribution in [0.3, 0.4) is 0 Å². The lowest BCUT2D eigenvalue weighted by atomic mass is 10.0. The van der Waals surface area contributed by atoms with Crippen molar-refractivity contribution in [1.82, 2.24) is 4.98 Å². The topological polar surface area (TPSA) is 21.3 Å². The molecule has 3 heteroatoms. The van der Waals surface area contributed by atoms with Crippen molar-refractivity contribution in [3.63, 3.8) is 0 Å². The molecule has 1 fully saturated rings. The van der Waals surface area contributed by atoms with E-state index in [-0.39, 0.29) is 0 Å². The van der Waals surface area contributed by atoms with Crippen LogP contribution in [0.5, 0.6) is 0 Å². The third kappa shape index (κ3) is 2.52. The summed E-state index contributed by atoms with van der Waals surface area (Å²) in [5, 5.41) is 0. The van der Waals surface area contributed by atoms with Crippen molar-refractivity contribution in [2.45, 2.75) is 65.0 Å². The van der Waals surface area contributed by atoms with Crippen LogP contribution in [0.4, 0.5) is 0 Å². The lowest BCUT2D eigenvalue weighted by Gasteiger charge is -2.39. The smallest absolute Gasteiger partial charge is 0.275 e. The predicted octanol–water partition coefficient (Wildman–Crippen LogP) is 3.67. The fourth-order valence-electron chi connectivity index (χ4n) is 3.51. The zero-order valence-electron chi connectivity index (χ0n) is 11.7. The second kappa shape index (κ2) is 6.17. The van der Waals surface area contributed by atoms with Gasteiger partial charge in [-0.2, -0.15) is 0 Å². The molecule has 16 heavy (non-hydrogen) atoms. The molecule has 1 aliphatic heterocycles. The first-order valence-corrected chi connectivity index (χ1v) is 9.07. The van der Waals surface area contributed by atoms with Gasteiger partial charge in [0, 0.05) is 6.61 Å². The Labute approximate surface area is 102 Å². The molecule has 0 saturated carbocycles. The van der Waals surface area contributed by atoms with Crippen LogP contribution >= 0.6 is 0 Å². The van der Waals surface area contributed by atoms with E-state index in [1.165, 1.54) is 19.3 Å². The van der Waals surface area contributed by atoms with Crippen LogP contribution in [0.2, 0.25) is 11.1 Å². The number of nitrogens with one attached hydrogen (secondary N) is 1. The second-order valence-corrected chi connectivity index (χ2v) is 9.08. The van der Waals surface area contributed by atoms with Gasteiger partial charge in [0.1, 0.15) is 0 Å². The largest absolute Gasteiger partial charge is 0.403 e. The van der Waals surface area contributed by atoms with Crippen molar-refractivity contribution in [3.8, 4) is 0 Å². The van der Waals surface area contributed by atoms with Gasteiger partial charge in [0.25, 0.3) is 8.48 Å². The summed E-state index contributed by atoms with van der Waals surface area (Å²) < 4.78 is 6.34. The maximum atomic E-state index is 6.34. The van der Waals surface area contributed by atoms with Crippen molar-refractivity contribution in [3.05, 3.63) is 0 Å². The van der Waals surface area contributed by atoms with Gasteiger partial charge in [-0.3, -0.25) is 0 Å². The van der Waals surface area contributed by atoms with Crippen LogP contribution in [0.1, 0.15) is 53.9 Å². The number of hydrogen-bond acceptors (Lipinski definition) is 2. The van der Waals surface area contributed by atoms with Gasteiger partial charge in [-0.25, -0.2) is 0 Å². The molecular weight excluding hydrogens is 214 g/mol. The van der Waals surface area contributed by atoms with Gasteiger partial charge in [-0.05, 0) is 43.3 Å². The molecule has 3 unspecified atom stereocenters. The van der Waals surface area contributed by atoms with Gasteiger partial charge >= 0.3 is 0 Å². The molecule has 1 heterocycles. The molecule has 0 radical (unpaired) electrons. The van der Waals surface area contributed by atoms with Crippen molar-refractivity contribution in [2.75, 3.05) is 13.2 Å². The van der Waals surface area contributed by atoms with Crippen LogP contribution in [0, 0.1) is 5.92 Å². The highest BCUT2D eigenvalue weighted by molar-refractivity contribution is 6.75. The summed E-state index contributed by atoms with van der Waals surface area (Å²) in [5.41, 5.74) is 1.62. The van der Waals surface area contributed by atoms with Crippen molar-refractivity contribution >= 4 is 8.48 Å². The average molecular weight is 243 g/mol. The minimum absolute atomic E-state index is 0.758. The van der Waals surface area contributed by atoms with Crippen molar-refractivity contribution in [2.24, 2.45) is 5.92 Å². The van der Waals surface area contributed by atoms with Gasteiger partial charge in [-0.1, -0.05) is 34.1 Å². The SMILES string of the molecule is CCN[Si]1(OCC)C(CC)CCC1C(C)C. The Morgan fingerprint density at radius 1 is 1.25 bits per heavy atom. The number of rotatable bonds is 6. The first-order chi connectivity index (χ1) is 7.62. The Bertz CT molecular complexity index is 202. The molecule has 0 aromatic rings. The average Bonchev–Trinajstić information content (AvgIpc) is 2.57. The zero-order valence-corrected chi connectivity index (χ0v) is 12.7. The summed E-state index contributed by atoms with van der Waals surface area (Å²) in [6.45, 7) is 13.3. The van der Waals surface area contributed by atoms with Gasteiger partial charge in [0.15, 0.2) is 0 Å². The first-order valence-electron chi connectivity index (χ1n) is 7.01. The first kappa shape index (κ1) is 14.2. The minimum atomic E-state index is -1.70. The molecule has 0 aliphatic carbocycles. The van der Waals surface area contributed by atoms with Crippen molar-refractivity contribution in [1.29, 1.82) is 0 Å². The molecule has 1 N–H and O–H groups in total. The maximum absolute atomic E-state index is 6.34. The third-order valence-electron chi connectivity index (χ3n) is 4.12. The van der Waals surface area contributed by atoms with E-state index in [9.17, 15) is 0 Å². The van der Waals surface area contributed by atoms with E-state index in [1.54, 1.807) is 0 Å². The third-order valence-corrected chi connectivity index (χ3v) is 9.76. The molecule has 0 bridgehead atoms. The maximum Gasteiger partial charge on any atom is 0.275 e. The quantitative estimate of drug-likeness (QED) is 0.719. The van der Waals surface area contributed by atoms with Crippen LogP contribution in [-0.2, 0) is 4.43 Å². The van der Waals surface area contributed by atoms with E-state index < -0.39 is 8.48 Å². The van der Waals surface area contributed by atoms with Crippen LogP contribution < -0.4 is 4.98 Å². The summed E-state index contributed by atoms with van der Waals surface area (Å²) >= 11 is 0. The normalized spacial score (nSPS) is 34.9. The summed E-state index contributed by atoms with van der Waals surface area (Å²) in [6, 6.07) is 0. The fraction of sp³-hybridized carbons (Fsp3) is 1.00. The van der Waals surface area contributed by atoms with Crippen LogP contribution in [0.25, 0.3) is 0 Å². The van der Waals surface area contributed by atoms with Crippen LogP contribution in [0.15, 0.2) is 0 Å². The highest BCUT2D eigenvalue weighted by atomic mass is 28.4. The Kier molecular flexibility index (Phi) is 5.48. The molecule has 0 aromatic heterocycles. The molecule has 1 rings (SSSR count). The van der Waals surface area contributed by atoms with E-state index in [4.69, 9.17) is 4.43 Å². The Morgan fingerprint density at radius 2 is 1.94 bits per heavy atom. The highest BCUT2D eigenvalue weighted by Crippen LogP contribution is 2.50. The summed E-state index contributed by atoms with van der Waals surface area (Å²) in [5.74, 6) is 0.758. The molecule has 0 aromatic carbocycles. The Hall–Kier alpha value is 0.137. The summed E-state index contributed by atoms with van der Waals surface area (Å²) in [7, 11) is -1.70. The van der Waals surface area contributed by atoms with E-state index >= 15 is 0 Å². The molecule has 0 spiro atoms. The molecule has 2 nitrogen and oxygen atoms in total.